The van der Waals surface area contributed by atoms with Crippen LogP contribution >= 0.6 is 11.3 Å². The third-order valence-corrected chi connectivity index (χ3v) is 4.01. The van der Waals surface area contributed by atoms with Gasteiger partial charge in [0.05, 0.1) is 37.0 Å². The summed E-state index contributed by atoms with van der Waals surface area (Å²) >= 11 is 1.49. The highest BCUT2D eigenvalue weighted by Gasteiger charge is 2.16. The Morgan fingerprint density at radius 2 is 2.05 bits per heavy atom. The fraction of sp³-hybridized carbons (Fsp3) is 0.357. The smallest absolute Gasteiger partial charge is 0.170 e. The van der Waals surface area contributed by atoms with E-state index in [1.165, 1.54) is 11.3 Å². The van der Waals surface area contributed by atoms with Gasteiger partial charge in [-0.15, -0.1) is 11.3 Å². The first-order valence-electron chi connectivity index (χ1n) is 6.05. The Labute approximate surface area is 116 Å². The molecule has 0 spiro atoms. The summed E-state index contributed by atoms with van der Waals surface area (Å²) in [5.41, 5.74) is 1.83. The number of aryl methyl sites for hydroxylation is 1. The Balaban J connectivity index is 2.55. The molecule has 0 saturated carbocycles. The van der Waals surface area contributed by atoms with Gasteiger partial charge in [0, 0.05) is 0 Å². The summed E-state index contributed by atoms with van der Waals surface area (Å²) in [4.78, 5) is 5.48. The van der Waals surface area contributed by atoms with Gasteiger partial charge in [0.25, 0.3) is 0 Å². The van der Waals surface area contributed by atoms with Crippen molar-refractivity contribution in [3.05, 3.63) is 28.8 Å². The highest BCUT2D eigenvalue weighted by atomic mass is 32.1. The number of benzene rings is 1. The Kier molecular flexibility index (Phi) is 4.39. The highest BCUT2D eigenvalue weighted by Crippen LogP contribution is 2.40. The summed E-state index contributed by atoms with van der Waals surface area (Å²) in [6.07, 6.45) is 0.804. The second-order valence-electron chi connectivity index (χ2n) is 3.94. The Morgan fingerprint density at radius 3 is 2.58 bits per heavy atom. The number of aliphatic hydroxyl groups excluding tert-OH is 1. The van der Waals surface area contributed by atoms with Gasteiger partial charge in [0.2, 0.25) is 0 Å². The number of methoxy groups -OCH3 is 2. The number of nitrogens with zero attached hydrogens (tertiary/aromatic N) is 1. The Bertz CT molecular complexity index is 544. The van der Waals surface area contributed by atoms with E-state index in [4.69, 9.17) is 9.47 Å². The van der Waals surface area contributed by atoms with Crippen molar-refractivity contribution in [1.29, 1.82) is 0 Å². The molecule has 1 heterocycles. The zero-order valence-corrected chi connectivity index (χ0v) is 12.1. The first kappa shape index (κ1) is 13.8. The lowest BCUT2D eigenvalue weighted by atomic mass is 10.2. The van der Waals surface area contributed by atoms with Crippen molar-refractivity contribution in [3.8, 4) is 22.1 Å². The first-order valence-corrected chi connectivity index (χ1v) is 6.87. The van der Waals surface area contributed by atoms with Gasteiger partial charge >= 0.3 is 0 Å². The van der Waals surface area contributed by atoms with Crippen molar-refractivity contribution < 1.29 is 14.6 Å². The standard InChI is InChI=1S/C14H17NO3S/c1-4-10-12(8-16)19-14(15-10)9-6-5-7-11(17-2)13(9)18-3/h5-7,16H,4,8H2,1-3H3. The predicted molar refractivity (Wildman–Crippen MR) is 76.0 cm³/mol. The number of aromatic nitrogens is 1. The number of para-hydroxylation sites is 1. The molecule has 102 valence electrons. The van der Waals surface area contributed by atoms with Crippen LogP contribution in [0.5, 0.6) is 11.5 Å². The van der Waals surface area contributed by atoms with Crippen molar-refractivity contribution in [2.45, 2.75) is 20.0 Å². The van der Waals surface area contributed by atoms with Crippen LogP contribution in [0.2, 0.25) is 0 Å². The second kappa shape index (κ2) is 6.04. The fourth-order valence-corrected chi connectivity index (χ4v) is 2.99. The molecule has 0 unspecified atom stereocenters. The molecule has 1 aromatic carbocycles. The number of hydrogen-bond donors (Lipinski definition) is 1. The molecule has 19 heavy (non-hydrogen) atoms. The molecule has 0 aliphatic carbocycles. The molecule has 0 fully saturated rings. The molecular weight excluding hydrogens is 262 g/mol. The molecule has 2 rings (SSSR count). The molecular formula is C14H17NO3S. The maximum atomic E-state index is 9.35. The zero-order chi connectivity index (χ0) is 13.8. The number of ether oxygens (including phenoxy) is 2. The lowest BCUT2D eigenvalue weighted by Gasteiger charge is -2.10. The van der Waals surface area contributed by atoms with Crippen molar-refractivity contribution in [2.75, 3.05) is 14.2 Å². The third-order valence-electron chi connectivity index (χ3n) is 2.89. The molecule has 1 aromatic heterocycles. The molecule has 0 atom stereocenters. The van der Waals surface area contributed by atoms with Crippen LogP contribution < -0.4 is 9.47 Å². The van der Waals surface area contributed by atoms with Gasteiger partial charge in [-0.2, -0.15) is 0 Å². The number of rotatable bonds is 5. The second-order valence-corrected chi connectivity index (χ2v) is 5.03. The van der Waals surface area contributed by atoms with Crippen LogP contribution in [-0.4, -0.2) is 24.3 Å². The van der Waals surface area contributed by atoms with E-state index in [0.717, 1.165) is 27.6 Å². The normalized spacial score (nSPS) is 10.5. The van der Waals surface area contributed by atoms with Gasteiger partial charge < -0.3 is 14.6 Å². The van der Waals surface area contributed by atoms with E-state index in [9.17, 15) is 5.11 Å². The molecule has 0 radical (unpaired) electrons. The van der Waals surface area contributed by atoms with E-state index in [-0.39, 0.29) is 6.61 Å². The molecule has 1 N–H and O–H groups in total. The van der Waals surface area contributed by atoms with Gasteiger partial charge in [0.1, 0.15) is 5.01 Å². The van der Waals surface area contributed by atoms with Crippen molar-refractivity contribution in [2.24, 2.45) is 0 Å². The average molecular weight is 279 g/mol. The summed E-state index contributed by atoms with van der Waals surface area (Å²) in [6, 6.07) is 5.70. The van der Waals surface area contributed by atoms with E-state index in [1.54, 1.807) is 14.2 Å². The topological polar surface area (TPSA) is 51.6 Å². The minimum absolute atomic E-state index is 0.0210. The number of thiazole rings is 1. The predicted octanol–water partition coefficient (Wildman–Crippen LogP) is 2.88. The number of aliphatic hydroxyl groups is 1. The summed E-state index contributed by atoms with van der Waals surface area (Å²) in [6.45, 7) is 2.05. The summed E-state index contributed by atoms with van der Waals surface area (Å²) in [5.74, 6) is 1.35. The molecule has 2 aromatic rings. The maximum absolute atomic E-state index is 9.35. The van der Waals surface area contributed by atoms with Crippen LogP contribution in [0.15, 0.2) is 18.2 Å². The van der Waals surface area contributed by atoms with Gasteiger partial charge in [-0.3, -0.25) is 0 Å². The van der Waals surface area contributed by atoms with Crippen LogP contribution in [0.25, 0.3) is 10.6 Å². The van der Waals surface area contributed by atoms with E-state index in [0.29, 0.717) is 11.5 Å². The summed E-state index contributed by atoms with van der Waals surface area (Å²) < 4.78 is 10.7. The van der Waals surface area contributed by atoms with E-state index in [2.05, 4.69) is 4.98 Å². The van der Waals surface area contributed by atoms with Gasteiger partial charge in [-0.1, -0.05) is 13.0 Å². The summed E-state index contributed by atoms with van der Waals surface area (Å²) in [5, 5.41) is 10.2. The van der Waals surface area contributed by atoms with E-state index >= 15 is 0 Å². The molecule has 0 aliphatic rings. The fourth-order valence-electron chi connectivity index (χ4n) is 1.95. The number of hydrogen-bond acceptors (Lipinski definition) is 5. The monoisotopic (exact) mass is 279 g/mol. The third kappa shape index (κ3) is 2.57. The highest BCUT2D eigenvalue weighted by molar-refractivity contribution is 7.15. The molecule has 0 aliphatic heterocycles. The quantitative estimate of drug-likeness (QED) is 0.914. The Hall–Kier alpha value is -1.59. The molecule has 4 nitrogen and oxygen atoms in total. The SMILES string of the molecule is CCc1nc(-c2cccc(OC)c2OC)sc1CO. The van der Waals surface area contributed by atoms with Crippen molar-refractivity contribution in [3.63, 3.8) is 0 Å². The van der Waals surface area contributed by atoms with E-state index < -0.39 is 0 Å². The van der Waals surface area contributed by atoms with Gasteiger partial charge in [-0.05, 0) is 18.6 Å². The van der Waals surface area contributed by atoms with E-state index in [1.807, 2.05) is 25.1 Å². The van der Waals surface area contributed by atoms with Crippen LogP contribution in [0.1, 0.15) is 17.5 Å². The Morgan fingerprint density at radius 1 is 1.26 bits per heavy atom. The lowest BCUT2D eigenvalue weighted by molar-refractivity contribution is 0.284. The van der Waals surface area contributed by atoms with Crippen LogP contribution in [0.3, 0.4) is 0 Å². The van der Waals surface area contributed by atoms with Crippen molar-refractivity contribution >= 4 is 11.3 Å². The zero-order valence-electron chi connectivity index (χ0n) is 11.3. The maximum Gasteiger partial charge on any atom is 0.170 e. The molecule has 5 heteroatoms. The molecule has 0 amide bonds. The molecule has 0 bridgehead atoms. The van der Waals surface area contributed by atoms with Gasteiger partial charge in [-0.25, -0.2) is 4.98 Å². The van der Waals surface area contributed by atoms with Gasteiger partial charge in [0.15, 0.2) is 11.5 Å². The van der Waals surface area contributed by atoms with Crippen LogP contribution in [-0.2, 0) is 13.0 Å². The van der Waals surface area contributed by atoms with Crippen molar-refractivity contribution in [1.82, 2.24) is 4.98 Å². The van der Waals surface area contributed by atoms with Crippen LogP contribution in [0, 0.1) is 0 Å². The minimum Gasteiger partial charge on any atom is -0.493 e. The average Bonchev–Trinajstić information content (AvgIpc) is 2.89. The molecule has 0 saturated heterocycles. The first-order chi connectivity index (χ1) is 9.24. The van der Waals surface area contributed by atoms with Crippen LogP contribution in [0.4, 0.5) is 0 Å². The minimum atomic E-state index is 0.0210. The largest absolute Gasteiger partial charge is 0.493 e. The summed E-state index contributed by atoms with van der Waals surface area (Å²) in [7, 11) is 3.22. The lowest BCUT2D eigenvalue weighted by Crippen LogP contribution is -1.93.